The van der Waals surface area contributed by atoms with Crippen LogP contribution in [-0.2, 0) is 14.3 Å². The Morgan fingerprint density at radius 2 is 1.82 bits per heavy atom. The third-order valence-corrected chi connectivity index (χ3v) is 1.84. The number of carbonyl (C=O) groups excluding carboxylic acids is 1. The van der Waals surface area contributed by atoms with Crippen LogP contribution in [0.1, 0.15) is 13.3 Å². The van der Waals surface area contributed by atoms with Crippen LogP contribution in [0.4, 0.5) is 0 Å². The highest BCUT2D eigenvalue weighted by atomic mass is 16.5. The van der Waals surface area contributed by atoms with E-state index in [1.807, 2.05) is 6.07 Å². The van der Waals surface area contributed by atoms with Gasteiger partial charge < -0.3 is 14.9 Å². The predicted molar refractivity (Wildman–Crippen MR) is 61.5 cm³/mol. The van der Waals surface area contributed by atoms with E-state index in [4.69, 9.17) is 10.2 Å². The topological polar surface area (TPSA) is 83.8 Å². The molecule has 17 heavy (non-hydrogen) atoms. The second kappa shape index (κ2) is 8.15. The van der Waals surface area contributed by atoms with Crippen molar-refractivity contribution in [2.45, 2.75) is 13.3 Å². The highest BCUT2D eigenvalue weighted by Crippen LogP contribution is 2.03. The van der Waals surface area contributed by atoms with Crippen LogP contribution in [0.3, 0.4) is 0 Å². The van der Waals surface area contributed by atoms with Crippen LogP contribution in [0.5, 0.6) is 5.75 Å². The molecule has 1 unspecified atom stereocenters. The fraction of sp³-hybridized carbons (Fsp3) is 0.333. The molecule has 0 fully saturated rings. The van der Waals surface area contributed by atoms with E-state index in [1.165, 1.54) is 14.0 Å². The van der Waals surface area contributed by atoms with E-state index in [0.29, 0.717) is 5.75 Å². The largest absolute Gasteiger partial charge is 0.508 e. The minimum atomic E-state index is -0.988. The van der Waals surface area contributed by atoms with Gasteiger partial charge in [0.15, 0.2) is 0 Å². The number of carboxylic acids is 1. The molecule has 1 aromatic carbocycles. The number of methoxy groups -OCH3 is 1. The molecular weight excluding hydrogens is 224 g/mol. The van der Waals surface area contributed by atoms with Gasteiger partial charge in [-0.15, -0.1) is 0 Å². The molecule has 0 heterocycles. The second-order valence-corrected chi connectivity index (χ2v) is 3.36. The summed E-state index contributed by atoms with van der Waals surface area (Å²) in [5, 5.41) is 16.9. The van der Waals surface area contributed by atoms with Gasteiger partial charge in [-0.3, -0.25) is 9.59 Å². The predicted octanol–water partition coefficient (Wildman–Crippen LogP) is 1.66. The number of ether oxygens (including phenoxy) is 1. The molecule has 0 amide bonds. The number of hydrogen-bond acceptors (Lipinski definition) is 4. The SMILES string of the molecule is COC(=O)C(C)CC(=O)O.Oc1ccccc1. The monoisotopic (exact) mass is 240 g/mol. The maximum absolute atomic E-state index is 10.6. The van der Waals surface area contributed by atoms with Crippen LogP contribution in [0.2, 0.25) is 0 Å². The molecule has 0 radical (unpaired) electrons. The first-order valence-corrected chi connectivity index (χ1v) is 5.01. The average molecular weight is 240 g/mol. The maximum Gasteiger partial charge on any atom is 0.308 e. The Morgan fingerprint density at radius 3 is 2.12 bits per heavy atom. The number of carbonyl (C=O) groups is 2. The van der Waals surface area contributed by atoms with E-state index in [9.17, 15) is 9.59 Å². The Morgan fingerprint density at radius 1 is 1.29 bits per heavy atom. The van der Waals surface area contributed by atoms with Gasteiger partial charge in [0.25, 0.3) is 0 Å². The molecule has 0 spiro atoms. The molecule has 5 heteroatoms. The van der Waals surface area contributed by atoms with E-state index in [-0.39, 0.29) is 6.42 Å². The zero-order chi connectivity index (χ0) is 13.3. The molecular formula is C12H16O5. The van der Waals surface area contributed by atoms with Crippen LogP contribution < -0.4 is 0 Å². The normalized spacial score (nSPS) is 10.7. The lowest BCUT2D eigenvalue weighted by Gasteiger charge is -2.03. The molecule has 0 saturated heterocycles. The van der Waals surface area contributed by atoms with Crippen LogP contribution >= 0.6 is 0 Å². The fourth-order valence-corrected chi connectivity index (χ4v) is 0.974. The lowest BCUT2D eigenvalue weighted by Crippen LogP contribution is -2.16. The molecule has 0 aliphatic carbocycles. The summed E-state index contributed by atoms with van der Waals surface area (Å²) in [6.07, 6.45) is -0.174. The zero-order valence-corrected chi connectivity index (χ0v) is 9.79. The number of carboxylic acid groups (broad SMARTS) is 1. The van der Waals surface area contributed by atoms with Crippen LogP contribution in [0, 0.1) is 5.92 Å². The Kier molecular flexibility index (Phi) is 7.17. The number of aromatic hydroxyl groups is 1. The van der Waals surface area contributed by atoms with Crippen molar-refractivity contribution in [1.29, 1.82) is 0 Å². The lowest BCUT2D eigenvalue weighted by atomic mass is 10.1. The molecule has 0 bridgehead atoms. The van der Waals surface area contributed by atoms with Crippen LogP contribution in [0.15, 0.2) is 30.3 Å². The second-order valence-electron chi connectivity index (χ2n) is 3.36. The Balaban J connectivity index is 0.000000318. The highest BCUT2D eigenvalue weighted by Gasteiger charge is 2.15. The Labute approximate surface area is 99.7 Å². The van der Waals surface area contributed by atoms with Gasteiger partial charge in [-0.25, -0.2) is 0 Å². The summed E-state index contributed by atoms with van der Waals surface area (Å²) in [7, 11) is 1.24. The van der Waals surface area contributed by atoms with Crippen molar-refractivity contribution in [1.82, 2.24) is 0 Å². The molecule has 0 saturated carbocycles. The Bertz CT molecular complexity index is 347. The Hall–Kier alpha value is -2.04. The average Bonchev–Trinajstić information content (AvgIpc) is 2.29. The summed E-state index contributed by atoms with van der Waals surface area (Å²) in [4.78, 5) is 20.6. The minimum Gasteiger partial charge on any atom is -0.508 e. The molecule has 0 aliphatic rings. The molecule has 1 atom stereocenters. The lowest BCUT2D eigenvalue weighted by molar-refractivity contribution is -0.150. The first-order valence-electron chi connectivity index (χ1n) is 5.01. The first kappa shape index (κ1) is 15.0. The summed E-state index contributed by atoms with van der Waals surface area (Å²) < 4.78 is 4.31. The van der Waals surface area contributed by atoms with Crippen molar-refractivity contribution in [2.75, 3.05) is 7.11 Å². The molecule has 94 valence electrons. The molecule has 1 aromatic rings. The van der Waals surface area contributed by atoms with Gasteiger partial charge in [-0.1, -0.05) is 25.1 Å². The summed E-state index contributed by atoms with van der Waals surface area (Å²) in [5.41, 5.74) is 0. The first-order chi connectivity index (χ1) is 7.97. The van der Waals surface area contributed by atoms with Crippen molar-refractivity contribution >= 4 is 11.9 Å². The summed E-state index contributed by atoms with van der Waals surface area (Å²) in [6.45, 7) is 1.51. The summed E-state index contributed by atoms with van der Waals surface area (Å²) in [5.74, 6) is -1.70. The van der Waals surface area contributed by atoms with Gasteiger partial charge in [0.05, 0.1) is 19.4 Å². The number of benzene rings is 1. The number of phenols is 1. The van der Waals surface area contributed by atoms with Crippen molar-refractivity contribution in [2.24, 2.45) is 5.92 Å². The number of hydrogen-bond donors (Lipinski definition) is 2. The number of esters is 1. The van der Waals surface area contributed by atoms with Crippen LogP contribution in [-0.4, -0.2) is 29.3 Å². The molecule has 1 rings (SSSR count). The number of aliphatic carboxylic acids is 1. The number of rotatable bonds is 3. The van der Waals surface area contributed by atoms with Gasteiger partial charge in [0, 0.05) is 0 Å². The molecule has 0 aromatic heterocycles. The van der Waals surface area contributed by atoms with Gasteiger partial charge in [0.2, 0.25) is 0 Å². The zero-order valence-electron chi connectivity index (χ0n) is 9.79. The van der Waals surface area contributed by atoms with E-state index >= 15 is 0 Å². The molecule has 5 nitrogen and oxygen atoms in total. The fourth-order valence-electron chi connectivity index (χ4n) is 0.974. The van der Waals surface area contributed by atoms with Gasteiger partial charge in [-0.2, -0.15) is 0 Å². The minimum absolute atomic E-state index is 0.174. The van der Waals surface area contributed by atoms with Crippen LogP contribution in [0.25, 0.3) is 0 Å². The van der Waals surface area contributed by atoms with E-state index in [0.717, 1.165) is 0 Å². The summed E-state index contributed by atoms with van der Waals surface area (Å²) in [6, 6.07) is 8.71. The van der Waals surface area contributed by atoms with Crippen molar-refractivity contribution < 1.29 is 24.5 Å². The maximum atomic E-state index is 10.6. The smallest absolute Gasteiger partial charge is 0.308 e. The van der Waals surface area contributed by atoms with E-state index in [2.05, 4.69) is 4.74 Å². The van der Waals surface area contributed by atoms with Gasteiger partial charge in [-0.05, 0) is 12.1 Å². The van der Waals surface area contributed by atoms with E-state index < -0.39 is 17.9 Å². The number of phenolic OH excluding ortho intramolecular Hbond substituents is 1. The van der Waals surface area contributed by atoms with Crippen molar-refractivity contribution in [3.63, 3.8) is 0 Å². The standard InChI is InChI=1S/C6H10O4.C6H6O/c1-4(3-5(7)8)6(9)10-2;7-6-4-2-1-3-5-6/h4H,3H2,1-2H3,(H,7,8);1-5,7H. The number of para-hydroxylation sites is 1. The third kappa shape index (κ3) is 7.84. The van der Waals surface area contributed by atoms with Crippen molar-refractivity contribution in [3.05, 3.63) is 30.3 Å². The van der Waals surface area contributed by atoms with Gasteiger partial charge >= 0.3 is 11.9 Å². The van der Waals surface area contributed by atoms with Gasteiger partial charge in [0.1, 0.15) is 5.75 Å². The molecule has 0 aliphatic heterocycles. The molecule has 2 N–H and O–H groups in total. The highest BCUT2D eigenvalue weighted by molar-refractivity contribution is 5.78. The van der Waals surface area contributed by atoms with Crippen molar-refractivity contribution in [3.8, 4) is 5.75 Å². The quantitative estimate of drug-likeness (QED) is 0.785. The third-order valence-electron chi connectivity index (χ3n) is 1.84. The van der Waals surface area contributed by atoms with E-state index in [1.54, 1.807) is 24.3 Å². The summed E-state index contributed by atoms with van der Waals surface area (Å²) >= 11 is 0.